The van der Waals surface area contributed by atoms with Crippen LogP contribution >= 0.6 is 11.6 Å². The Bertz CT molecular complexity index is 1150. The third-order valence-electron chi connectivity index (χ3n) is 6.66. The molecule has 37 heavy (non-hydrogen) atoms. The molecule has 192 valence electrons. The summed E-state index contributed by atoms with van der Waals surface area (Å²) in [5.74, 6) is -0.142. The molecule has 2 unspecified atom stereocenters. The summed E-state index contributed by atoms with van der Waals surface area (Å²) in [6, 6.07) is 27.2. The van der Waals surface area contributed by atoms with Gasteiger partial charge in [-0.05, 0) is 41.3 Å². The lowest BCUT2D eigenvalue weighted by Gasteiger charge is -2.29. The van der Waals surface area contributed by atoms with Crippen LogP contribution in [0.15, 0.2) is 91.0 Å². The number of halogens is 1. The van der Waals surface area contributed by atoms with Crippen molar-refractivity contribution in [2.45, 2.75) is 24.4 Å². The summed E-state index contributed by atoms with van der Waals surface area (Å²) in [6.07, 6.45) is 3.95. The standard InChI is InChI=1S/C30H33ClN4O2/c31-25-14-11-22(12-15-25)13-16-29(36)33-20-26-17-18-35(30(37)28(19-32)34-26)21-27(23-7-3-1-4-8-23)24-9-5-2-6-10-24/h1-16,26-28,34H,17-21,32H2,(H,33,36). The summed E-state index contributed by atoms with van der Waals surface area (Å²) in [6.45, 7) is 1.74. The second kappa shape index (κ2) is 13.2. The van der Waals surface area contributed by atoms with Crippen LogP contribution in [0.25, 0.3) is 6.08 Å². The van der Waals surface area contributed by atoms with E-state index < -0.39 is 6.04 Å². The topological polar surface area (TPSA) is 87.5 Å². The zero-order valence-electron chi connectivity index (χ0n) is 20.7. The highest BCUT2D eigenvalue weighted by Crippen LogP contribution is 2.26. The average Bonchev–Trinajstić information content (AvgIpc) is 3.09. The third kappa shape index (κ3) is 7.52. The number of nitrogens with zero attached hydrogens (tertiary/aromatic N) is 1. The fourth-order valence-electron chi connectivity index (χ4n) is 4.62. The van der Waals surface area contributed by atoms with E-state index in [1.165, 1.54) is 17.2 Å². The molecule has 1 heterocycles. The van der Waals surface area contributed by atoms with Gasteiger partial charge in [0.2, 0.25) is 11.8 Å². The van der Waals surface area contributed by atoms with E-state index in [0.29, 0.717) is 31.1 Å². The smallest absolute Gasteiger partial charge is 0.244 e. The Hall–Kier alpha value is -3.45. The first-order valence-electron chi connectivity index (χ1n) is 12.6. The molecule has 2 atom stereocenters. The van der Waals surface area contributed by atoms with Crippen molar-refractivity contribution in [2.75, 3.05) is 26.2 Å². The number of nitrogens with two attached hydrogens (primary N) is 1. The van der Waals surface area contributed by atoms with Crippen LogP contribution in [0.5, 0.6) is 0 Å². The summed E-state index contributed by atoms with van der Waals surface area (Å²) in [5.41, 5.74) is 9.23. The molecule has 1 aliphatic heterocycles. The molecular formula is C30H33ClN4O2. The van der Waals surface area contributed by atoms with Gasteiger partial charge in [-0.3, -0.25) is 9.59 Å². The highest BCUT2D eigenvalue weighted by Gasteiger charge is 2.32. The highest BCUT2D eigenvalue weighted by atomic mass is 35.5. The number of nitrogens with one attached hydrogen (secondary N) is 2. The van der Waals surface area contributed by atoms with Crippen LogP contribution < -0.4 is 16.4 Å². The Labute approximate surface area is 223 Å². The number of amides is 2. The zero-order chi connectivity index (χ0) is 26.0. The first kappa shape index (κ1) is 26.6. The van der Waals surface area contributed by atoms with Gasteiger partial charge in [0.25, 0.3) is 0 Å². The second-order valence-corrected chi connectivity index (χ2v) is 9.67. The molecule has 6 nitrogen and oxygen atoms in total. The lowest BCUT2D eigenvalue weighted by Crippen LogP contribution is -2.52. The molecule has 0 aromatic heterocycles. The van der Waals surface area contributed by atoms with Crippen LogP contribution in [0.3, 0.4) is 0 Å². The number of benzene rings is 3. The molecule has 0 spiro atoms. The van der Waals surface area contributed by atoms with Crippen LogP contribution in [0.1, 0.15) is 29.0 Å². The van der Waals surface area contributed by atoms with Crippen LogP contribution in [0.4, 0.5) is 0 Å². The average molecular weight is 517 g/mol. The number of hydrogen-bond acceptors (Lipinski definition) is 4. The molecule has 0 bridgehead atoms. The molecule has 7 heteroatoms. The van der Waals surface area contributed by atoms with Crippen LogP contribution in [-0.2, 0) is 9.59 Å². The van der Waals surface area contributed by atoms with Crippen molar-refractivity contribution in [2.24, 2.45) is 5.73 Å². The summed E-state index contributed by atoms with van der Waals surface area (Å²) in [4.78, 5) is 27.7. The molecule has 3 aromatic carbocycles. The van der Waals surface area contributed by atoms with E-state index in [9.17, 15) is 9.59 Å². The SMILES string of the molecule is NCC1NC(CNC(=O)C=Cc2ccc(Cl)cc2)CCN(CC(c2ccccc2)c2ccccc2)C1=O. The molecule has 0 aliphatic carbocycles. The number of carbonyl (C=O) groups is 2. The van der Waals surface area contributed by atoms with Crippen molar-refractivity contribution in [1.82, 2.24) is 15.5 Å². The van der Waals surface area contributed by atoms with Gasteiger partial charge in [-0.1, -0.05) is 84.4 Å². The van der Waals surface area contributed by atoms with E-state index in [2.05, 4.69) is 34.9 Å². The third-order valence-corrected chi connectivity index (χ3v) is 6.91. The Morgan fingerprint density at radius 2 is 1.65 bits per heavy atom. The van der Waals surface area contributed by atoms with Crippen molar-refractivity contribution >= 4 is 29.5 Å². The Morgan fingerprint density at radius 3 is 2.24 bits per heavy atom. The van der Waals surface area contributed by atoms with Crippen molar-refractivity contribution in [3.63, 3.8) is 0 Å². The largest absolute Gasteiger partial charge is 0.351 e. The van der Waals surface area contributed by atoms with Gasteiger partial charge in [0.1, 0.15) is 0 Å². The number of hydrogen-bond donors (Lipinski definition) is 3. The Balaban J connectivity index is 1.40. The molecule has 4 rings (SSSR count). The van der Waals surface area contributed by atoms with Crippen molar-refractivity contribution in [3.05, 3.63) is 113 Å². The molecule has 1 aliphatic rings. The Morgan fingerprint density at radius 1 is 1.03 bits per heavy atom. The molecule has 3 aromatic rings. The predicted molar refractivity (Wildman–Crippen MR) is 149 cm³/mol. The van der Waals surface area contributed by atoms with Crippen molar-refractivity contribution in [3.8, 4) is 0 Å². The molecule has 0 radical (unpaired) electrons. The fourth-order valence-corrected chi connectivity index (χ4v) is 4.74. The monoisotopic (exact) mass is 516 g/mol. The van der Waals surface area contributed by atoms with Gasteiger partial charge in [0.05, 0.1) is 6.04 Å². The maximum absolute atomic E-state index is 13.4. The van der Waals surface area contributed by atoms with Crippen molar-refractivity contribution < 1.29 is 9.59 Å². The minimum absolute atomic E-state index is 0.00387. The molecule has 0 saturated carbocycles. The van der Waals surface area contributed by atoms with Crippen LogP contribution in [0.2, 0.25) is 5.02 Å². The van der Waals surface area contributed by atoms with E-state index in [4.69, 9.17) is 17.3 Å². The molecule has 4 N–H and O–H groups in total. The van der Waals surface area contributed by atoms with Crippen LogP contribution in [-0.4, -0.2) is 55.0 Å². The van der Waals surface area contributed by atoms with E-state index >= 15 is 0 Å². The summed E-state index contributed by atoms with van der Waals surface area (Å²) >= 11 is 5.91. The van der Waals surface area contributed by atoms with Crippen molar-refractivity contribution in [1.29, 1.82) is 0 Å². The molecule has 1 fully saturated rings. The molecule has 1 saturated heterocycles. The summed E-state index contributed by atoms with van der Waals surface area (Å²) < 4.78 is 0. The van der Waals surface area contributed by atoms with E-state index in [-0.39, 0.29) is 30.3 Å². The van der Waals surface area contributed by atoms with Gasteiger partial charge in [-0.15, -0.1) is 0 Å². The quantitative estimate of drug-likeness (QED) is 0.377. The van der Waals surface area contributed by atoms with Gasteiger partial charge in [-0.2, -0.15) is 0 Å². The predicted octanol–water partition coefficient (Wildman–Crippen LogP) is 3.82. The van der Waals surface area contributed by atoms with Gasteiger partial charge >= 0.3 is 0 Å². The highest BCUT2D eigenvalue weighted by molar-refractivity contribution is 6.30. The molecular weight excluding hydrogens is 484 g/mol. The second-order valence-electron chi connectivity index (χ2n) is 9.23. The molecule has 2 amide bonds. The van der Waals surface area contributed by atoms with E-state index in [1.807, 2.05) is 53.4 Å². The Kier molecular flexibility index (Phi) is 9.49. The van der Waals surface area contributed by atoms with Gasteiger partial charge in [0.15, 0.2) is 0 Å². The normalized spacial score (nSPS) is 18.2. The van der Waals surface area contributed by atoms with Crippen LogP contribution in [0, 0.1) is 0 Å². The lowest BCUT2D eigenvalue weighted by atomic mass is 9.90. The summed E-state index contributed by atoms with van der Waals surface area (Å²) in [5, 5.41) is 6.96. The number of rotatable bonds is 9. The zero-order valence-corrected chi connectivity index (χ0v) is 21.5. The van der Waals surface area contributed by atoms with E-state index in [0.717, 1.165) is 5.56 Å². The summed E-state index contributed by atoms with van der Waals surface area (Å²) in [7, 11) is 0. The number of carbonyl (C=O) groups excluding carboxylic acids is 2. The lowest BCUT2D eigenvalue weighted by molar-refractivity contribution is -0.132. The van der Waals surface area contributed by atoms with Gasteiger partial charge < -0.3 is 21.3 Å². The van der Waals surface area contributed by atoms with Gasteiger partial charge in [-0.25, -0.2) is 0 Å². The minimum Gasteiger partial charge on any atom is -0.351 e. The fraction of sp³-hybridized carbons (Fsp3) is 0.267. The first-order valence-corrected chi connectivity index (χ1v) is 13.0. The maximum atomic E-state index is 13.4. The minimum atomic E-state index is -0.499. The first-order chi connectivity index (χ1) is 18.0. The van der Waals surface area contributed by atoms with Gasteiger partial charge in [0, 0.05) is 49.2 Å². The maximum Gasteiger partial charge on any atom is 0.244 e. The van der Waals surface area contributed by atoms with E-state index in [1.54, 1.807) is 18.2 Å².